The van der Waals surface area contributed by atoms with Gasteiger partial charge in [-0.25, -0.2) is 9.97 Å². The summed E-state index contributed by atoms with van der Waals surface area (Å²) in [4.78, 5) is 9.31. The molecule has 3 heterocycles. The number of aryl methyl sites for hydroxylation is 1. The van der Waals surface area contributed by atoms with Crippen LogP contribution in [0.25, 0.3) is 27.8 Å². The lowest BCUT2D eigenvalue weighted by Crippen LogP contribution is -2.27. The molecule has 0 atom stereocenters. The van der Waals surface area contributed by atoms with E-state index >= 15 is 0 Å². The van der Waals surface area contributed by atoms with Crippen LogP contribution in [0.3, 0.4) is 0 Å². The Balaban J connectivity index is 1.46. The van der Waals surface area contributed by atoms with Crippen molar-refractivity contribution in [2.45, 2.75) is 19.4 Å². The number of ether oxygens (including phenoxy) is 1. The van der Waals surface area contributed by atoms with E-state index in [9.17, 15) is 5.11 Å². The summed E-state index contributed by atoms with van der Waals surface area (Å²) in [5, 5.41) is 18.6. The molecule has 8 nitrogen and oxygen atoms in total. The van der Waals surface area contributed by atoms with Gasteiger partial charge < -0.3 is 19.6 Å². The highest BCUT2D eigenvalue weighted by atomic mass is 16.5. The van der Waals surface area contributed by atoms with E-state index in [1.165, 1.54) is 0 Å². The maximum absolute atomic E-state index is 9.83. The van der Waals surface area contributed by atoms with Gasteiger partial charge in [-0.3, -0.25) is 4.68 Å². The monoisotopic (exact) mass is 428 g/mol. The number of aliphatic hydroxyl groups is 1. The number of hydrogen-bond donors (Lipinski definition) is 2. The van der Waals surface area contributed by atoms with Crippen LogP contribution >= 0.6 is 0 Å². The predicted octanol–water partition coefficient (Wildman–Crippen LogP) is 4.18. The lowest BCUT2D eigenvalue weighted by atomic mass is 10.1. The van der Waals surface area contributed by atoms with Crippen molar-refractivity contribution in [2.24, 2.45) is 7.05 Å². The molecule has 2 N–H and O–H groups in total. The van der Waals surface area contributed by atoms with Crippen molar-refractivity contribution >= 4 is 28.1 Å². The highest BCUT2D eigenvalue weighted by Gasteiger charge is 2.14. The van der Waals surface area contributed by atoms with Crippen molar-refractivity contribution < 1.29 is 9.84 Å². The quantitative estimate of drug-likeness (QED) is 0.422. The summed E-state index contributed by atoms with van der Waals surface area (Å²) >= 11 is 0. The largest absolute Gasteiger partial charge is 0.491 e. The molecular weight excluding hydrogens is 404 g/mol. The zero-order valence-electron chi connectivity index (χ0n) is 18.1. The smallest absolute Gasteiger partial charge is 0.180 e. The van der Waals surface area contributed by atoms with Gasteiger partial charge in [0.25, 0.3) is 0 Å². The minimum absolute atomic E-state index is 0.221. The van der Waals surface area contributed by atoms with Crippen molar-refractivity contribution in [1.29, 1.82) is 0 Å². The van der Waals surface area contributed by atoms with Gasteiger partial charge in [-0.1, -0.05) is 12.1 Å². The van der Waals surface area contributed by atoms with E-state index in [-0.39, 0.29) is 6.61 Å². The SMILES string of the molecule is Cn1ncc2ccc(-c3cn4ccnc4c(Nc4ccc(OCC(C)(C)O)cc4)n3)cc21. The molecule has 0 amide bonds. The maximum Gasteiger partial charge on any atom is 0.180 e. The number of anilines is 2. The van der Waals surface area contributed by atoms with Crippen LogP contribution in [0.1, 0.15) is 13.8 Å². The van der Waals surface area contributed by atoms with Crippen LogP contribution in [0.5, 0.6) is 5.75 Å². The lowest BCUT2D eigenvalue weighted by Gasteiger charge is -2.18. The zero-order valence-corrected chi connectivity index (χ0v) is 18.1. The van der Waals surface area contributed by atoms with E-state index in [1.54, 1.807) is 20.0 Å². The highest BCUT2D eigenvalue weighted by molar-refractivity contribution is 5.84. The first-order chi connectivity index (χ1) is 15.4. The third-order valence-electron chi connectivity index (χ3n) is 5.13. The van der Waals surface area contributed by atoms with Gasteiger partial charge >= 0.3 is 0 Å². The van der Waals surface area contributed by atoms with Gasteiger partial charge in [0.1, 0.15) is 12.4 Å². The van der Waals surface area contributed by atoms with Gasteiger partial charge in [-0.2, -0.15) is 5.10 Å². The molecule has 0 aliphatic heterocycles. The number of nitrogens with zero attached hydrogens (tertiary/aromatic N) is 5. The Morgan fingerprint density at radius 3 is 2.72 bits per heavy atom. The average Bonchev–Trinajstić information content (AvgIpc) is 3.39. The zero-order chi connectivity index (χ0) is 22.3. The molecule has 8 heteroatoms. The second-order valence-electron chi connectivity index (χ2n) is 8.43. The Morgan fingerprint density at radius 2 is 1.94 bits per heavy atom. The van der Waals surface area contributed by atoms with E-state index in [0.717, 1.165) is 33.5 Å². The van der Waals surface area contributed by atoms with Gasteiger partial charge in [0.15, 0.2) is 11.5 Å². The second-order valence-corrected chi connectivity index (χ2v) is 8.43. The van der Waals surface area contributed by atoms with Crippen LogP contribution in [-0.2, 0) is 7.05 Å². The number of imidazole rings is 1. The molecule has 5 aromatic rings. The van der Waals surface area contributed by atoms with Gasteiger partial charge in [0, 0.05) is 42.3 Å². The molecule has 3 aromatic heterocycles. The summed E-state index contributed by atoms with van der Waals surface area (Å²) in [5.74, 6) is 1.34. The van der Waals surface area contributed by atoms with Crippen molar-refractivity contribution in [3.8, 4) is 17.0 Å². The summed E-state index contributed by atoms with van der Waals surface area (Å²) in [5.41, 5.74) is 3.58. The normalized spacial score (nSPS) is 11.9. The topological polar surface area (TPSA) is 89.5 Å². The average molecular weight is 428 g/mol. The van der Waals surface area contributed by atoms with Crippen molar-refractivity contribution in [3.63, 3.8) is 0 Å². The Bertz CT molecular complexity index is 1400. The first-order valence-corrected chi connectivity index (χ1v) is 10.3. The van der Waals surface area contributed by atoms with Crippen LogP contribution in [0.2, 0.25) is 0 Å². The third kappa shape index (κ3) is 4.00. The fourth-order valence-corrected chi connectivity index (χ4v) is 3.49. The molecule has 0 fully saturated rings. The van der Waals surface area contributed by atoms with Crippen LogP contribution < -0.4 is 10.1 Å². The molecular formula is C24H24N6O2. The van der Waals surface area contributed by atoms with Crippen LogP contribution in [0.4, 0.5) is 11.5 Å². The van der Waals surface area contributed by atoms with E-state index < -0.39 is 5.60 Å². The number of rotatable bonds is 6. The number of hydrogen-bond acceptors (Lipinski definition) is 6. The fourth-order valence-electron chi connectivity index (χ4n) is 3.49. The van der Waals surface area contributed by atoms with Crippen LogP contribution in [0, 0.1) is 0 Å². The fraction of sp³-hybridized carbons (Fsp3) is 0.208. The van der Waals surface area contributed by atoms with E-state index in [1.807, 2.05) is 65.1 Å². The minimum Gasteiger partial charge on any atom is -0.491 e. The number of aromatic nitrogens is 5. The van der Waals surface area contributed by atoms with Gasteiger partial charge in [0.05, 0.1) is 23.0 Å². The predicted molar refractivity (Wildman–Crippen MR) is 124 cm³/mol. The lowest BCUT2D eigenvalue weighted by molar-refractivity contribution is 0.0285. The van der Waals surface area contributed by atoms with Crippen LogP contribution in [0.15, 0.2) is 67.3 Å². The van der Waals surface area contributed by atoms with Gasteiger partial charge in [0.2, 0.25) is 0 Å². The Hall–Kier alpha value is -3.91. The molecule has 0 saturated carbocycles. The molecule has 2 aromatic carbocycles. The van der Waals surface area contributed by atoms with E-state index in [4.69, 9.17) is 9.72 Å². The van der Waals surface area contributed by atoms with E-state index in [0.29, 0.717) is 11.6 Å². The molecule has 0 unspecified atom stereocenters. The molecule has 162 valence electrons. The van der Waals surface area contributed by atoms with Crippen molar-refractivity contribution in [1.82, 2.24) is 24.1 Å². The molecule has 0 saturated heterocycles. The van der Waals surface area contributed by atoms with Gasteiger partial charge in [-0.05, 0) is 44.2 Å². The number of benzene rings is 2. The second kappa shape index (κ2) is 7.65. The standard InChI is InChI=1S/C24H24N6O2/c1-24(2,31)15-32-19-8-6-18(7-9-19)27-22-23-25-10-11-30(23)14-20(28-22)16-4-5-17-13-26-29(3)21(17)12-16/h4-14,31H,15H2,1-3H3,(H,27,28). The van der Waals surface area contributed by atoms with Crippen molar-refractivity contribution in [2.75, 3.05) is 11.9 Å². The highest BCUT2D eigenvalue weighted by Crippen LogP contribution is 2.27. The molecule has 0 aliphatic carbocycles. The Morgan fingerprint density at radius 1 is 1.12 bits per heavy atom. The first-order valence-electron chi connectivity index (χ1n) is 10.3. The number of nitrogens with one attached hydrogen (secondary N) is 1. The molecule has 0 bridgehead atoms. The summed E-state index contributed by atoms with van der Waals surface area (Å²) in [6.45, 7) is 3.64. The number of fused-ring (bicyclic) bond motifs is 2. The van der Waals surface area contributed by atoms with Gasteiger partial charge in [-0.15, -0.1) is 0 Å². The first kappa shape index (κ1) is 20.0. The summed E-state index contributed by atoms with van der Waals surface area (Å²) in [7, 11) is 1.93. The molecule has 32 heavy (non-hydrogen) atoms. The molecule has 0 aliphatic rings. The Kier molecular flexibility index (Phi) is 4.79. The molecule has 0 radical (unpaired) electrons. The Labute approximate surface area is 185 Å². The van der Waals surface area contributed by atoms with E-state index in [2.05, 4.69) is 27.5 Å². The third-order valence-corrected chi connectivity index (χ3v) is 5.13. The molecule has 0 spiro atoms. The molecule has 5 rings (SSSR count). The summed E-state index contributed by atoms with van der Waals surface area (Å²) in [6.07, 6.45) is 7.48. The summed E-state index contributed by atoms with van der Waals surface area (Å²) < 4.78 is 9.45. The summed E-state index contributed by atoms with van der Waals surface area (Å²) in [6, 6.07) is 13.7. The van der Waals surface area contributed by atoms with Crippen LogP contribution in [-0.4, -0.2) is 41.5 Å². The van der Waals surface area contributed by atoms with Crippen molar-refractivity contribution in [3.05, 3.63) is 67.3 Å². The maximum atomic E-state index is 9.83. The minimum atomic E-state index is -0.883.